The number of hydrogen-bond donors (Lipinski definition) is 2. The zero-order valence-corrected chi connectivity index (χ0v) is 17.8. The summed E-state index contributed by atoms with van der Waals surface area (Å²) in [6.07, 6.45) is 0.491. The maximum Gasteiger partial charge on any atom is 0.317 e. The Balaban J connectivity index is 1.76. The van der Waals surface area contributed by atoms with Crippen molar-refractivity contribution in [2.45, 2.75) is 17.9 Å². The van der Waals surface area contributed by atoms with Gasteiger partial charge >= 0.3 is 6.03 Å². The fourth-order valence-electron chi connectivity index (χ4n) is 4.64. The van der Waals surface area contributed by atoms with Crippen LogP contribution in [-0.2, 0) is 15.0 Å². The number of rotatable bonds is 4. The Kier molecular flexibility index (Phi) is 5.31. The number of anilines is 1. The van der Waals surface area contributed by atoms with Crippen molar-refractivity contribution < 1.29 is 19.1 Å². The first-order valence-corrected chi connectivity index (χ1v) is 10.2. The van der Waals surface area contributed by atoms with Gasteiger partial charge in [-0.05, 0) is 35.7 Å². The average molecular weight is 422 g/mol. The smallest absolute Gasteiger partial charge is 0.317 e. The first-order chi connectivity index (χ1) is 14.9. The lowest BCUT2D eigenvalue weighted by molar-refractivity contribution is -0.132. The third kappa shape index (κ3) is 3.37. The van der Waals surface area contributed by atoms with Crippen LogP contribution in [0.5, 0.6) is 5.75 Å². The second kappa shape index (κ2) is 7.94. The van der Waals surface area contributed by atoms with Crippen molar-refractivity contribution in [2.24, 2.45) is 0 Å². The zero-order valence-electron chi connectivity index (χ0n) is 17.8. The SMILES string of the molecule is COc1cccc(C2N(C(=O)CNC(=O)N(C)C)CCC23C(=O)Nc2ccccc23)c1. The molecule has 2 aromatic carbocycles. The Hall–Kier alpha value is -3.55. The van der Waals surface area contributed by atoms with Gasteiger partial charge in [-0.2, -0.15) is 0 Å². The van der Waals surface area contributed by atoms with Crippen molar-refractivity contribution in [3.63, 3.8) is 0 Å². The van der Waals surface area contributed by atoms with Crippen molar-refractivity contribution in [1.29, 1.82) is 0 Å². The molecule has 0 bridgehead atoms. The molecule has 1 saturated heterocycles. The minimum absolute atomic E-state index is 0.117. The monoisotopic (exact) mass is 422 g/mol. The Morgan fingerprint density at radius 1 is 1.23 bits per heavy atom. The van der Waals surface area contributed by atoms with Crippen LogP contribution >= 0.6 is 0 Å². The maximum absolute atomic E-state index is 13.4. The lowest BCUT2D eigenvalue weighted by atomic mass is 9.72. The third-order valence-electron chi connectivity index (χ3n) is 6.11. The van der Waals surface area contributed by atoms with Gasteiger partial charge in [0.25, 0.3) is 0 Å². The number of nitrogens with one attached hydrogen (secondary N) is 2. The van der Waals surface area contributed by atoms with Gasteiger partial charge in [-0.3, -0.25) is 9.59 Å². The van der Waals surface area contributed by atoms with E-state index in [1.807, 2.05) is 48.5 Å². The second-order valence-corrected chi connectivity index (χ2v) is 8.04. The van der Waals surface area contributed by atoms with Crippen LogP contribution in [0.3, 0.4) is 0 Å². The molecule has 2 atom stereocenters. The molecule has 2 heterocycles. The molecule has 4 amide bonds. The number of carbonyl (C=O) groups is 3. The summed E-state index contributed by atoms with van der Waals surface area (Å²) in [5.41, 5.74) is 1.58. The van der Waals surface area contributed by atoms with E-state index >= 15 is 0 Å². The first kappa shape index (κ1) is 20.7. The zero-order chi connectivity index (χ0) is 22.2. The Labute approximate surface area is 181 Å². The quantitative estimate of drug-likeness (QED) is 0.790. The third-order valence-corrected chi connectivity index (χ3v) is 6.11. The molecule has 0 aliphatic carbocycles. The lowest BCUT2D eigenvalue weighted by Crippen LogP contribution is -2.46. The Bertz CT molecular complexity index is 1040. The van der Waals surface area contributed by atoms with Gasteiger partial charge in [-0.1, -0.05) is 30.3 Å². The van der Waals surface area contributed by atoms with E-state index in [-0.39, 0.29) is 24.4 Å². The minimum atomic E-state index is -0.899. The van der Waals surface area contributed by atoms with Crippen molar-refractivity contribution in [3.05, 3.63) is 59.7 Å². The first-order valence-electron chi connectivity index (χ1n) is 10.2. The molecule has 2 aliphatic heterocycles. The highest BCUT2D eigenvalue weighted by molar-refractivity contribution is 6.07. The molecule has 2 aromatic rings. The normalized spacial score (nSPS) is 21.6. The van der Waals surface area contributed by atoms with Crippen LogP contribution in [0.1, 0.15) is 23.6 Å². The number of amides is 4. The van der Waals surface area contributed by atoms with Gasteiger partial charge in [0.15, 0.2) is 0 Å². The van der Waals surface area contributed by atoms with Crippen molar-refractivity contribution >= 4 is 23.5 Å². The standard InChI is InChI=1S/C23H26N4O4/c1-26(2)22(30)24-14-19(28)27-12-11-23(17-9-4-5-10-18(17)25-21(23)29)20(27)15-7-6-8-16(13-15)31-3/h4-10,13,20H,11-12,14H2,1-3H3,(H,24,30)(H,25,29). The summed E-state index contributed by atoms with van der Waals surface area (Å²) in [5, 5.41) is 5.63. The largest absolute Gasteiger partial charge is 0.497 e. The van der Waals surface area contributed by atoms with Gasteiger partial charge in [0.2, 0.25) is 11.8 Å². The molecule has 2 N–H and O–H groups in total. The van der Waals surface area contributed by atoms with E-state index in [2.05, 4.69) is 10.6 Å². The van der Waals surface area contributed by atoms with Gasteiger partial charge < -0.3 is 25.2 Å². The van der Waals surface area contributed by atoms with Crippen LogP contribution in [0.4, 0.5) is 10.5 Å². The number of fused-ring (bicyclic) bond motifs is 2. The second-order valence-electron chi connectivity index (χ2n) is 8.04. The van der Waals surface area contributed by atoms with Crippen LogP contribution < -0.4 is 15.4 Å². The van der Waals surface area contributed by atoms with E-state index in [9.17, 15) is 14.4 Å². The molecule has 0 saturated carbocycles. The topological polar surface area (TPSA) is 91.0 Å². The molecular formula is C23H26N4O4. The molecule has 0 aromatic heterocycles. The van der Waals surface area contributed by atoms with E-state index in [0.717, 1.165) is 16.8 Å². The summed E-state index contributed by atoms with van der Waals surface area (Å²) in [7, 11) is 4.81. The number of hydrogen-bond acceptors (Lipinski definition) is 4. The molecule has 0 radical (unpaired) electrons. The Morgan fingerprint density at radius 2 is 2.00 bits per heavy atom. The highest BCUT2D eigenvalue weighted by atomic mass is 16.5. The number of methoxy groups -OCH3 is 1. The Morgan fingerprint density at radius 3 is 2.74 bits per heavy atom. The highest BCUT2D eigenvalue weighted by Crippen LogP contribution is 2.54. The maximum atomic E-state index is 13.4. The molecular weight excluding hydrogens is 396 g/mol. The summed E-state index contributed by atoms with van der Waals surface area (Å²) in [4.78, 5) is 41.6. The van der Waals surface area contributed by atoms with Gasteiger partial charge in [0, 0.05) is 26.3 Å². The summed E-state index contributed by atoms with van der Waals surface area (Å²) >= 11 is 0. The number of benzene rings is 2. The minimum Gasteiger partial charge on any atom is -0.497 e. The van der Waals surface area contributed by atoms with E-state index in [0.29, 0.717) is 18.7 Å². The van der Waals surface area contributed by atoms with Gasteiger partial charge in [0.1, 0.15) is 11.2 Å². The average Bonchev–Trinajstić information content (AvgIpc) is 3.31. The molecule has 8 nitrogen and oxygen atoms in total. The molecule has 1 spiro atoms. The molecule has 2 unspecified atom stereocenters. The summed E-state index contributed by atoms with van der Waals surface area (Å²) in [6, 6.07) is 14.2. The number of likely N-dealkylation sites (tertiary alicyclic amines) is 1. The molecule has 31 heavy (non-hydrogen) atoms. The molecule has 2 aliphatic rings. The van der Waals surface area contributed by atoms with E-state index in [1.54, 1.807) is 26.1 Å². The fraction of sp³-hybridized carbons (Fsp3) is 0.348. The molecule has 8 heteroatoms. The van der Waals surface area contributed by atoms with Gasteiger partial charge in [-0.15, -0.1) is 0 Å². The van der Waals surface area contributed by atoms with Crippen LogP contribution in [0, 0.1) is 0 Å². The van der Waals surface area contributed by atoms with Crippen molar-refractivity contribution in [3.8, 4) is 5.75 Å². The number of ether oxygens (including phenoxy) is 1. The highest BCUT2D eigenvalue weighted by Gasteiger charge is 2.59. The van der Waals surface area contributed by atoms with E-state index in [4.69, 9.17) is 4.74 Å². The van der Waals surface area contributed by atoms with Gasteiger partial charge in [0.05, 0.1) is 19.7 Å². The number of urea groups is 1. The van der Waals surface area contributed by atoms with Crippen molar-refractivity contribution in [2.75, 3.05) is 39.6 Å². The van der Waals surface area contributed by atoms with Crippen molar-refractivity contribution in [1.82, 2.24) is 15.1 Å². The molecule has 162 valence electrons. The predicted molar refractivity (Wildman–Crippen MR) is 116 cm³/mol. The fourth-order valence-corrected chi connectivity index (χ4v) is 4.64. The van der Waals surface area contributed by atoms with Gasteiger partial charge in [-0.25, -0.2) is 4.79 Å². The van der Waals surface area contributed by atoms with E-state index in [1.165, 1.54) is 4.90 Å². The van der Waals surface area contributed by atoms with Crippen LogP contribution in [0.2, 0.25) is 0 Å². The molecule has 1 fully saturated rings. The van der Waals surface area contributed by atoms with E-state index < -0.39 is 11.5 Å². The summed E-state index contributed by atoms with van der Waals surface area (Å²) in [6.45, 7) is 0.261. The number of carbonyl (C=O) groups excluding carboxylic acids is 3. The summed E-state index contributed by atoms with van der Waals surface area (Å²) < 4.78 is 5.40. The van der Waals surface area contributed by atoms with Crippen LogP contribution in [0.25, 0.3) is 0 Å². The predicted octanol–water partition coefficient (Wildman–Crippen LogP) is 2.13. The van der Waals surface area contributed by atoms with Crippen LogP contribution in [0.15, 0.2) is 48.5 Å². The lowest BCUT2D eigenvalue weighted by Gasteiger charge is -2.34. The molecule has 4 rings (SSSR count). The number of para-hydroxylation sites is 1. The summed E-state index contributed by atoms with van der Waals surface area (Å²) in [5.74, 6) is 0.297. The number of nitrogens with zero attached hydrogens (tertiary/aromatic N) is 2. The van der Waals surface area contributed by atoms with Crippen LogP contribution in [-0.4, -0.2) is 61.9 Å².